The zero-order valence-electron chi connectivity index (χ0n) is 14.0. The first-order valence-corrected chi connectivity index (χ1v) is 8.09. The number of amides is 2. The van der Waals surface area contributed by atoms with Crippen molar-refractivity contribution in [2.24, 2.45) is 0 Å². The zero-order chi connectivity index (χ0) is 18.9. The number of hydrogen-bond donors (Lipinski definition) is 2. The molecule has 0 aliphatic heterocycles. The minimum Gasteiger partial charge on any atom is -0.452 e. The molecule has 0 aliphatic carbocycles. The van der Waals surface area contributed by atoms with Crippen LogP contribution >= 0.6 is 11.6 Å². The Bertz CT molecular complexity index is 832. The number of benzene rings is 2. The molecule has 2 amide bonds. The van der Waals surface area contributed by atoms with E-state index in [2.05, 4.69) is 10.9 Å². The van der Waals surface area contributed by atoms with Gasteiger partial charge in [0.2, 0.25) is 0 Å². The normalized spacial score (nSPS) is 10.4. The number of esters is 1. The Labute approximate surface area is 155 Å². The summed E-state index contributed by atoms with van der Waals surface area (Å²) in [6.45, 7) is 1.37. The van der Waals surface area contributed by atoms with Crippen LogP contribution in [0.25, 0.3) is 6.08 Å². The monoisotopic (exact) mass is 372 g/mol. The van der Waals surface area contributed by atoms with Gasteiger partial charge in [-0.3, -0.25) is 20.4 Å². The van der Waals surface area contributed by atoms with Crippen LogP contribution in [0.1, 0.15) is 21.5 Å². The van der Waals surface area contributed by atoms with Crippen LogP contribution < -0.4 is 10.9 Å². The summed E-state index contributed by atoms with van der Waals surface area (Å²) in [6.07, 6.45) is 2.65. The van der Waals surface area contributed by atoms with Gasteiger partial charge >= 0.3 is 5.97 Å². The zero-order valence-corrected chi connectivity index (χ0v) is 14.7. The van der Waals surface area contributed by atoms with Crippen molar-refractivity contribution < 1.29 is 19.1 Å². The van der Waals surface area contributed by atoms with Crippen molar-refractivity contribution in [3.05, 3.63) is 76.3 Å². The third kappa shape index (κ3) is 6.07. The highest BCUT2D eigenvalue weighted by molar-refractivity contribution is 6.32. The van der Waals surface area contributed by atoms with Crippen molar-refractivity contribution in [2.45, 2.75) is 6.92 Å². The van der Waals surface area contributed by atoms with Crippen molar-refractivity contribution >= 4 is 35.5 Å². The molecule has 0 aromatic heterocycles. The van der Waals surface area contributed by atoms with Crippen molar-refractivity contribution in [3.63, 3.8) is 0 Å². The Kier molecular flexibility index (Phi) is 6.93. The van der Waals surface area contributed by atoms with Crippen LogP contribution in [0, 0.1) is 6.92 Å². The Morgan fingerprint density at radius 1 is 1.04 bits per heavy atom. The van der Waals surface area contributed by atoms with Crippen LogP contribution in [0.5, 0.6) is 0 Å². The van der Waals surface area contributed by atoms with E-state index in [0.29, 0.717) is 16.1 Å². The number of aryl methyl sites for hydroxylation is 1. The molecule has 2 aromatic carbocycles. The lowest BCUT2D eigenvalue weighted by molar-refractivity contribution is -0.144. The van der Waals surface area contributed by atoms with E-state index in [0.717, 1.165) is 5.56 Å². The van der Waals surface area contributed by atoms with Crippen molar-refractivity contribution in [1.82, 2.24) is 10.9 Å². The number of nitrogens with one attached hydrogen (secondary N) is 2. The van der Waals surface area contributed by atoms with Gasteiger partial charge in [-0.05, 0) is 36.8 Å². The van der Waals surface area contributed by atoms with Crippen LogP contribution in [0.15, 0.2) is 54.6 Å². The van der Waals surface area contributed by atoms with Crippen molar-refractivity contribution in [3.8, 4) is 0 Å². The van der Waals surface area contributed by atoms with E-state index < -0.39 is 24.4 Å². The van der Waals surface area contributed by atoms with E-state index in [9.17, 15) is 14.4 Å². The molecule has 0 saturated carbocycles. The molecular formula is C19H17ClN2O4. The fraction of sp³-hybridized carbons (Fsp3) is 0.105. The predicted molar refractivity (Wildman–Crippen MR) is 98.2 cm³/mol. The van der Waals surface area contributed by atoms with Gasteiger partial charge in [0.25, 0.3) is 11.8 Å². The SMILES string of the molecule is Cc1ccc(C(=O)NNC(=O)COC(=O)/C=C/c2ccccc2Cl)cc1. The highest BCUT2D eigenvalue weighted by atomic mass is 35.5. The summed E-state index contributed by atoms with van der Waals surface area (Å²) in [5.41, 5.74) is 6.48. The molecular weight excluding hydrogens is 356 g/mol. The smallest absolute Gasteiger partial charge is 0.331 e. The second kappa shape index (κ2) is 9.39. The third-order valence-electron chi connectivity index (χ3n) is 3.28. The summed E-state index contributed by atoms with van der Waals surface area (Å²) in [5, 5.41) is 0.494. The van der Waals surface area contributed by atoms with Gasteiger partial charge in [-0.15, -0.1) is 0 Å². The van der Waals surface area contributed by atoms with Gasteiger partial charge < -0.3 is 4.74 Å². The standard InChI is InChI=1S/C19H17ClN2O4/c1-13-6-8-15(9-7-13)19(25)22-21-17(23)12-26-18(24)11-10-14-4-2-3-5-16(14)20/h2-11H,12H2,1H3,(H,21,23)(H,22,25)/b11-10+. The summed E-state index contributed by atoms with van der Waals surface area (Å²) in [6, 6.07) is 13.8. The minimum absolute atomic E-state index is 0.399. The number of halogens is 1. The van der Waals surface area contributed by atoms with Gasteiger partial charge in [-0.1, -0.05) is 47.5 Å². The number of carbonyl (C=O) groups excluding carboxylic acids is 3. The van der Waals surface area contributed by atoms with E-state index in [1.807, 2.05) is 6.92 Å². The second-order valence-electron chi connectivity index (χ2n) is 5.33. The summed E-state index contributed by atoms with van der Waals surface area (Å²) in [5.74, 6) is -1.84. The molecule has 6 nitrogen and oxygen atoms in total. The molecule has 0 atom stereocenters. The lowest BCUT2D eigenvalue weighted by Crippen LogP contribution is -2.43. The first-order chi connectivity index (χ1) is 12.5. The molecule has 2 rings (SSSR count). The van der Waals surface area contributed by atoms with Gasteiger partial charge in [-0.25, -0.2) is 4.79 Å². The maximum absolute atomic E-state index is 11.8. The number of hydrazine groups is 1. The highest BCUT2D eigenvalue weighted by Gasteiger charge is 2.08. The molecule has 0 radical (unpaired) electrons. The van der Waals surface area contributed by atoms with Crippen LogP contribution in [-0.4, -0.2) is 24.4 Å². The predicted octanol–water partition coefficient (Wildman–Crippen LogP) is 2.67. The fourth-order valence-electron chi connectivity index (χ4n) is 1.89. The second-order valence-corrected chi connectivity index (χ2v) is 5.74. The first-order valence-electron chi connectivity index (χ1n) is 7.71. The molecule has 2 aromatic rings. The maximum Gasteiger partial charge on any atom is 0.331 e. The van der Waals surface area contributed by atoms with Crippen LogP contribution in [0.3, 0.4) is 0 Å². The Morgan fingerprint density at radius 3 is 2.42 bits per heavy atom. The van der Waals surface area contributed by atoms with Gasteiger partial charge in [0.05, 0.1) is 0 Å². The largest absolute Gasteiger partial charge is 0.452 e. The summed E-state index contributed by atoms with van der Waals surface area (Å²) >= 11 is 5.96. The lowest BCUT2D eigenvalue weighted by Gasteiger charge is -2.07. The van der Waals surface area contributed by atoms with E-state index in [-0.39, 0.29) is 0 Å². The number of carbonyl (C=O) groups is 3. The van der Waals surface area contributed by atoms with E-state index >= 15 is 0 Å². The molecule has 26 heavy (non-hydrogen) atoms. The molecule has 0 saturated heterocycles. The molecule has 0 unspecified atom stereocenters. The maximum atomic E-state index is 11.8. The average Bonchev–Trinajstić information content (AvgIpc) is 2.64. The number of ether oxygens (including phenoxy) is 1. The molecule has 7 heteroatoms. The molecule has 2 N–H and O–H groups in total. The minimum atomic E-state index is -0.704. The fourth-order valence-corrected chi connectivity index (χ4v) is 2.09. The molecule has 0 bridgehead atoms. The topological polar surface area (TPSA) is 84.5 Å². The number of rotatable bonds is 5. The molecule has 0 heterocycles. The third-order valence-corrected chi connectivity index (χ3v) is 3.62. The van der Waals surface area contributed by atoms with E-state index in [1.54, 1.807) is 48.5 Å². The summed E-state index contributed by atoms with van der Waals surface area (Å²) in [7, 11) is 0. The van der Waals surface area contributed by atoms with Gasteiger partial charge in [-0.2, -0.15) is 0 Å². The molecule has 134 valence electrons. The van der Waals surface area contributed by atoms with Gasteiger partial charge in [0, 0.05) is 16.7 Å². The lowest BCUT2D eigenvalue weighted by atomic mass is 10.1. The van der Waals surface area contributed by atoms with Crippen LogP contribution in [0.2, 0.25) is 5.02 Å². The Morgan fingerprint density at radius 2 is 1.73 bits per heavy atom. The molecule has 0 fully saturated rings. The van der Waals surface area contributed by atoms with Gasteiger partial charge in [0.15, 0.2) is 6.61 Å². The molecule has 0 spiro atoms. The summed E-state index contributed by atoms with van der Waals surface area (Å²) < 4.78 is 4.79. The van der Waals surface area contributed by atoms with E-state index in [1.165, 1.54) is 12.2 Å². The quantitative estimate of drug-likeness (QED) is 0.480. The van der Waals surface area contributed by atoms with E-state index in [4.69, 9.17) is 16.3 Å². The van der Waals surface area contributed by atoms with Crippen molar-refractivity contribution in [2.75, 3.05) is 6.61 Å². The van der Waals surface area contributed by atoms with Crippen LogP contribution in [-0.2, 0) is 14.3 Å². The Balaban J connectivity index is 1.74. The van der Waals surface area contributed by atoms with Crippen LogP contribution in [0.4, 0.5) is 0 Å². The van der Waals surface area contributed by atoms with Gasteiger partial charge in [0.1, 0.15) is 0 Å². The highest BCUT2D eigenvalue weighted by Crippen LogP contribution is 2.16. The molecule has 0 aliphatic rings. The summed E-state index contributed by atoms with van der Waals surface area (Å²) in [4.78, 5) is 35.1. The average molecular weight is 373 g/mol. The number of hydrogen-bond acceptors (Lipinski definition) is 4. The van der Waals surface area contributed by atoms with Crippen molar-refractivity contribution in [1.29, 1.82) is 0 Å². The first kappa shape index (κ1) is 19.2. The Hall–Kier alpha value is -3.12.